The van der Waals surface area contributed by atoms with E-state index in [1.165, 1.54) is 0 Å². The van der Waals surface area contributed by atoms with Crippen LogP contribution >= 0.6 is 0 Å². The molecule has 0 aliphatic carbocycles. The molecular formula is C27H34N2O5. The molecule has 0 spiro atoms. The number of Topliss-reactive ketones (excluding diaryl/α,β-unsaturated/α-hetero) is 1. The van der Waals surface area contributed by atoms with Gasteiger partial charge in [-0.05, 0) is 82.4 Å². The van der Waals surface area contributed by atoms with Crippen molar-refractivity contribution in [2.24, 2.45) is 0 Å². The van der Waals surface area contributed by atoms with Crippen LogP contribution in [-0.2, 0) is 9.59 Å². The summed E-state index contributed by atoms with van der Waals surface area (Å²) in [6, 6.07) is 13.6. The van der Waals surface area contributed by atoms with Gasteiger partial charge in [0.1, 0.15) is 17.3 Å². The smallest absolute Gasteiger partial charge is 0.295 e. The van der Waals surface area contributed by atoms with Gasteiger partial charge in [-0.15, -0.1) is 0 Å². The zero-order chi connectivity index (χ0) is 24.7. The van der Waals surface area contributed by atoms with Crippen molar-refractivity contribution in [3.8, 4) is 11.5 Å². The highest BCUT2D eigenvalue weighted by molar-refractivity contribution is 6.46. The summed E-state index contributed by atoms with van der Waals surface area (Å²) < 4.78 is 11.3. The Morgan fingerprint density at radius 3 is 2.41 bits per heavy atom. The Kier molecular flexibility index (Phi) is 8.71. The van der Waals surface area contributed by atoms with Crippen LogP contribution in [0.3, 0.4) is 0 Å². The Morgan fingerprint density at radius 1 is 1.03 bits per heavy atom. The Bertz CT molecular complexity index is 1030. The van der Waals surface area contributed by atoms with Crippen molar-refractivity contribution in [2.45, 2.75) is 32.7 Å². The fourth-order valence-electron chi connectivity index (χ4n) is 4.04. The second-order valence-corrected chi connectivity index (χ2v) is 8.53. The van der Waals surface area contributed by atoms with Crippen LogP contribution in [0.1, 0.15) is 43.9 Å². The van der Waals surface area contributed by atoms with Crippen LogP contribution in [0.25, 0.3) is 5.76 Å². The Labute approximate surface area is 201 Å². The van der Waals surface area contributed by atoms with E-state index in [9.17, 15) is 14.7 Å². The molecule has 2 aromatic carbocycles. The Hall–Kier alpha value is -3.32. The minimum atomic E-state index is -0.696. The average molecular weight is 467 g/mol. The molecule has 1 saturated heterocycles. The van der Waals surface area contributed by atoms with Crippen LogP contribution in [0.4, 0.5) is 0 Å². The molecule has 7 heteroatoms. The lowest BCUT2D eigenvalue weighted by atomic mass is 9.95. The van der Waals surface area contributed by atoms with Crippen molar-refractivity contribution in [1.82, 2.24) is 9.80 Å². The van der Waals surface area contributed by atoms with E-state index in [0.29, 0.717) is 43.2 Å². The quantitative estimate of drug-likeness (QED) is 0.303. The van der Waals surface area contributed by atoms with E-state index in [4.69, 9.17) is 9.47 Å². The number of hydrogen-bond donors (Lipinski definition) is 1. The lowest BCUT2D eigenvalue weighted by Gasteiger charge is -2.26. The van der Waals surface area contributed by atoms with Gasteiger partial charge >= 0.3 is 0 Å². The lowest BCUT2D eigenvalue weighted by molar-refractivity contribution is -0.139. The number of aliphatic hydroxyl groups excluding tert-OH is 1. The van der Waals surface area contributed by atoms with Crippen LogP contribution < -0.4 is 9.47 Å². The predicted octanol–water partition coefficient (Wildman–Crippen LogP) is 4.25. The molecule has 2 aromatic rings. The van der Waals surface area contributed by atoms with E-state index in [-0.39, 0.29) is 11.3 Å². The molecule has 0 saturated carbocycles. The number of ketones is 1. The van der Waals surface area contributed by atoms with Gasteiger partial charge in [0.15, 0.2) is 0 Å². The van der Waals surface area contributed by atoms with Crippen molar-refractivity contribution in [3.63, 3.8) is 0 Å². The van der Waals surface area contributed by atoms with E-state index in [1.54, 1.807) is 29.2 Å². The number of aliphatic hydroxyl groups is 1. The maximum Gasteiger partial charge on any atom is 0.295 e. The van der Waals surface area contributed by atoms with E-state index >= 15 is 0 Å². The number of nitrogens with zero attached hydrogens (tertiary/aromatic N) is 2. The largest absolute Gasteiger partial charge is 0.507 e. The van der Waals surface area contributed by atoms with Crippen LogP contribution in [0.2, 0.25) is 0 Å². The summed E-state index contributed by atoms with van der Waals surface area (Å²) >= 11 is 0. The fraction of sp³-hybridized carbons (Fsp3) is 0.407. The van der Waals surface area contributed by atoms with E-state index < -0.39 is 17.7 Å². The maximum absolute atomic E-state index is 13.2. The molecule has 1 aliphatic rings. The highest BCUT2D eigenvalue weighted by atomic mass is 16.5. The minimum Gasteiger partial charge on any atom is -0.507 e. The number of ether oxygens (including phenoxy) is 2. The fourth-order valence-corrected chi connectivity index (χ4v) is 4.04. The second kappa shape index (κ2) is 11.7. The molecule has 0 radical (unpaired) electrons. The molecule has 3 rings (SSSR count). The Morgan fingerprint density at radius 2 is 1.76 bits per heavy atom. The standard InChI is InChI=1S/C27H34N2O5/c1-5-17-34-21-13-11-19(12-14-21)25(30)23-24(20-9-7-10-22(18-20)33-6-2)29(27(32)26(23)31)16-8-15-28(3)4/h7,9-14,18,24,30H,5-6,8,15-17H2,1-4H3. The lowest BCUT2D eigenvalue weighted by Crippen LogP contribution is -2.32. The van der Waals surface area contributed by atoms with Gasteiger partial charge in [0, 0.05) is 12.1 Å². The topological polar surface area (TPSA) is 79.3 Å². The summed E-state index contributed by atoms with van der Waals surface area (Å²) in [5.74, 6) is -0.141. The van der Waals surface area contributed by atoms with Gasteiger partial charge in [0.2, 0.25) is 0 Å². The maximum atomic E-state index is 13.2. The van der Waals surface area contributed by atoms with Gasteiger partial charge in [-0.2, -0.15) is 0 Å². The summed E-state index contributed by atoms with van der Waals surface area (Å²) in [4.78, 5) is 29.8. The average Bonchev–Trinajstić information content (AvgIpc) is 3.08. The zero-order valence-electron chi connectivity index (χ0n) is 20.4. The van der Waals surface area contributed by atoms with Crippen LogP contribution in [-0.4, -0.2) is 67.0 Å². The molecule has 1 heterocycles. The molecule has 1 fully saturated rings. The predicted molar refractivity (Wildman–Crippen MR) is 132 cm³/mol. The summed E-state index contributed by atoms with van der Waals surface area (Å²) in [6.45, 7) is 6.19. The first kappa shape index (κ1) is 25.3. The van der Waals surface area contributed by atoms with Crippen molar-refractivity contribution >= 4 is 17.4 Å². The van der Waals surface area contributed by atoms with Gasteiger partial charge in [-0.25, -0.2) is 0 Å². The van der Waals surface area contributed by atoms with Crippen molar-refractivity contribution in [2.75, 3.05) is 40.4 Å². The molecular weight excluding hydrogens is 432 g/mol. The molecule has 34 heavy (non-hydrogen) atoms. The minimum absolute atomic E-state index is 0.0886. The molecule has 1 N–H and O–H groups in total. The van der Waals surface area contributed by atoms with Crippen molar-refractivity contribution in [3.05, 3.63) is 65.2 Å². The first-order valence-electron chi connectivity index (χ1n) is 11.8. The van der Waals surface area contributed by atoms with Crippen LogP contribution in [0.5, 0.6) is 11.5 Å². The summed E-state index contributed by atoms with van der Waals surface area (Å²) in [5.41, 5.74) is 1.27. The first-order valence-corrected chi connectivity index (χ1v) is 11.8. The number of likely N-dealkylation sites (tertiary alicyclic amines) is 1. The van der Waals surface area contributed by atoms with Gasteiger partial charge in [0.25, 0.3) is 11.7 Å². The van der Waals surface area contributed by atoms with E-state index in [0.717, 1.165) is 18.5 Å². The molecule has 1 amide bonds. The van der Waals surface area contributed by atoms with Crippen molar-refractivity contribution in [1.29, 1.82) is 0 Å². The number of amides is 1. The van der Waals surface area contributed by atoms with Crippen molar-refractivity contribution < 1.29 is 24.2 Å². The summed E-state index contributed by atoms with van der Waals surface area (Å²) in [5, 5.41) is 11.2. The summed E-state index contributed by atoms with van der Waals surface area (Å²) in [7, 11) is 3.93. The third kappa shape index (κ3) is 5.78. The van der Waals surface area contributed by atoms with Crippen LogP contribution in [0.15, 0.2) is 54.1 Å². The van der Waals surface area contributed by atoms with E-state index in [2.05, 4.69) is 0 Å². The number of hydrogen-bond acceptors (Lipinski definition) is 6. The van der Waals surface area contributed by atoms with Gasteiger partial charge in [-0.1, -0.05) is 19.1 Å². The van der Waals surface area contributed by atoms with Gasteiger partial charge in [0.05, 0.1) is 24.8 Å². The van der Waals surface area contributed by atoms with E-state index in [1.807, 2.05) is 57.1 Å². The molecule has 1 aliphatic heterocycles. The first-order chi connectivity index (χ1) is 16.4. The molecule has 182 valence electrons. The summed E-state index contributed by atoms with van der Waals surface area (Å²) in [6.07, 6.45) is 1.59. The number of carbonyl (C=O) groups excluding carboxylic acids is 2. The number of rotatable bonds is 11. The van der Waals surface area contributed by atoms with Gasteiger partial charge < -0.3 is 24.4 Å². The highest BCUT2D eigenvalue weighted by Crippen LogP contribution is 2.40. The SMILES string of the molecule is CCCOc1ccc(C(O)=C2C(=O)C(=O)N(CCCN(C)C)C2c2cccc(OCC)c2)cc1. The second-order valence-electron chi connectivity index (χ2n) is 8.53. The Balaban J connectivity index is 2.04. The third-order valence-electron chi connectivity index (χ3n) is 5.63. The molecule has 0 aromatic heterocycles. The third-order valence-corrected chi connectivity index (χ3v) is 5.63. The van der Waals surface area contributed by atoms with Gasteiger partial charge in [-0.3, -0.25) is 9.59 Å². The number of carbonyl (C=O) groups is 2. The molecule has 1 atom stereocenters. The van der Waals surface area contributed by atoms with Crippen LogP contribution in [0, 0.1) is 0 Å². The highest BCUT2D eigenvalue weighted by Gasteiger charge is 2.45. The number of benzene rings is 2. The molecule has 0 bridgehead atoms. The normalized spacial score (nSPS) is 17.4. The zero-order valence-corrected chi connectivity index (χ0v) is 20.4. The molecule has 7 nitrogen and oxygen atoms in total. The monoisotopic (exact) mass is 466 g/mol. The molecule has 1 unspecified atom stereocenters.